The summed E-state index contributed by atoms with van der Waals surface area (Å²) in [4.78, 5) is 17.0. The Morgan fingerprint density at radius 3 is 2.42 bits per heavy atom. The van der Waals surface area contributed by atoms with Gasteiger partial charge in [0, 0.05) is 11.1 Å². The largest absolute Gasteiger partial charge is 0.325 e. The highest BCUT2D eigenvalue weighted by molar-refractivity contribution is 7.99. The number of aryl methyl sites for hydroxylation is 5. The Kier molecular flexibility index (Phi) is 5.33. The molecular formula is C22H24N2OS. The minimum atomic E-state index is -0.0153. The van der Waals surface area contributed by atoms with Crippen LogP contribution in [0.4, 0.5) is 5.69 Å². The van der Waals surface area contributed by atoms with E-state index in [9.17, 15) is 4.79 Å². The summed E-state index contributed by atoms with van der Waals surface area (Å²) in [5.41, 5.74) is 7.87. The van der Waals surface area contributed by atoms with Crippen molar-refractivity contribution in [2.45, 2.75) is 39.6 Å². The highest BCUT2D eigenvalue weighted by atomic mass is 32.2. The van der Waals surface area contributed by atoms with Gasteiger partial charge in [-0.25, -0.2) is 4.98 Å². The lowest BCUT2D eigenvalue weighted by Gasteiger charge is -2.10. The first kappa shape index (κ1) is 18.5. The second kappa shape index (κ2) is 7.50. The van der Waals surface area contributed by atoms with Crippen LogP contribution in [-0.2, 0) is 4.79 Å². The molecule has 0 spiro atoms. The van der Waals surface area contributed by atoms with Crippen molar-refractivity contribution >= 4 is 34.3 Å². The lowest BCUT2D eigenvalue weighted by Crippen LogP contribution is -2.14. The molecular weight excluding hydrogens is 340 g/mol. The highest BCUT2D eigenvalue weighted by Crippen LogP contribution is 2.27. The van der Waals surface area contributed by atoms with Crippen molar-refractivity contribution in [2.24, 2.45) is 0 Å². The average Bonchev–Trinajstić information content (AvgIpc) is 2.57. The maximum Gasteiger partial charge on any atom is 0.234 e. The third kappa shape index (κ3) is 4.07. The maximum atomic E-state index is 12.3. The summed E-state index contributed by atoms with van der Waals surface area (Å²) in [5.74, 6) is 0.328. The number of pyridine rings is 1. The van der Waals surface area contributed by atoms with Crippen LogP contribution in [-0.4, -0.2) is 16.6 Å². The molecule has 0 bridgehead atoms. The predicted octanol–water partition coefficient (Wildman–Crippen LogP) is 5.51. The van der Waals surface area contributed by atoms with Gasteiger partial charge < -0.3 is 5.32 Å². The van der Waals surface area contributed by atoms with Gasteiger partial charge in [-0.15, -0.1) is 0 Å². The van der Waals surface area contributed by atoms with E-state index in [4.69, 9.17) is 4.98 Å². The van der Waals surface area contributed by atoms with Crippen molar-refractivity contribution in [3.63, 3.8) is 0 Å². The molecule has 0 atom stereocenters. The van der Waals surface area contributed by atoms with Gasteiger partial charge in [-0.2, -0.15) is 0 Å². The maximum absolute atomic E-state index is 12.3. The number of nitrogens with one attached hydrogen (secondary N) is 1. The van der Waals surface area contributed by atoms with Crippen LogP contribution in [0.25, 0.3) is 10.9 Å². The molecule has 1 heterocycles. The Morgan fingerprint density at radius 2 is 1.69 bits per heavy atom. The summed E-state index contributed by atoms with van der Waals surface area (Å²) in [6.45, 7) is 10.4. The van der Waals surface area contributed by atoms with E-state index < -0.39 is 0 Å². The number of aromatic nitrogens is 1. The third-order valence-electron chi connectivity index (χ3n) is 4.57. The van der Waals surface area contributed by atoms with Crippen LogP contribution >= 0.6 is 11.8 Å². The number of anilines is 1. The number of amides is 1. The number of carbonyl (C=O) groups excluding carboxylic acids is 1. The number of fused-ring (bicyclic) bond motifs is 1. The van der Waals surface area contributed by atoms with Crippen molar-refractivity contribution in [1.29, 1.82) is 0 Å². The van der Waals surface area contributed by atoms with Gasteiger partial charge in [-0.3, -0.25) is 4.79 Å². The first-order valence-corrected chi connectivity index (χ1v) is 9.70. The topological polar surface area (TPSA) is 42.0 Å². The third-order valence-corrected chi connectivity index (χ3v) is 5.48. The molecule has 0 saturated carbocycles. The molecule has 0 radical (unpaired) electrons. The molecule has 1 amide bonds. The second-order valence-electron chi connectivity index (χ2n) is 6.89. The summed E-state index contributed by atoms with van der Waals surface area (Å²) in [7, 11) is 0. The van der Waals surface area contributed by atoms with Gasteiger partial charge in [-0.1, -0.05) is 29.5 Å². The lowest BCUT2D eigenvalue weighted by molar-refractivity contribution is -0.113. The minimum Gasteiger partial charge on any atom is -0.325 e. The smallest absolute Gasteiger partial charge is 0.234 e. The summed E-state index contributed by atoms with van der Waals surface area (Å²) < 4.78 is 0. The van der Waals surface area contributed by atoms with Gasteiger partial charge in [0.1, 0.15) is 0 Å². The number of hydrogen-bond donors (Lipinski definition) is 1. The zero-order chi connectivity index (χ0) is 18.8. The van der Waals surface area contributed by atoms with Gasteiger partial charge in [0.25, 0.3) is 0 Å². The number of benzene rings is 2. The van der Waals surface area contributed by atoms with Crippen molar-refractivity contribution < 1.29 is 4.79 Å². The molecule has 134 valence electrons. The summed E-state index contributed by atoms with van der Waals surface area (Å²) in [6, 6.07) is 12.4. The van der Waals surface area contributed by atoms with Crippen LogP contribution in [0.1, 0.15) is 27.8 Å². The molecule has 1 aromatic heterocycles. The Hall–Kier alpha value is -2.33. The number of carbonyl (C=O) groups is 1. The van der Waals surface area contributed by atoms with E-state index in [1.165, 1.54) is 45.0 Å². The van der Waals surface area contributed by atoms with E-state index in [1.807, 2.05) is 25.1 Å². The van der Waals surface area contributed by atoms with Gasteiger partial charge in [0.2, 0.25) is 5.91 Å². The fourth-order valence-electron chi connectivity index (χ4n) is 3.04. The van der Waals surface area contributed by atoms with Gasteiger partial charge in [-0.05, 0) is 81.1 Å². The molecule has 3 nitrogen and oxygen atoms in total. The average molecular weight is 365 g/mol. The molecule has 26 heavy (non-hydrogen) atoms. The van der Waals surface area contributed by atoms with E-state index in [1.54, 1.807) is 0 Å². The van der Waals surface area contributed by atoms with Crippen LogP contribution in [0.2, 0.25) is 0 Å². The van der Waals surface area contributed by atoms with Crippen molar-refractivity contribution in [2.75, 3.05) is 11.1 Å². The van der Waals surface area contributed by atoms with Crippen LogP contribution in [0.5, 0.6) is 0 Å². The summed E-state index contributed by atoms with van der Waals surface area (Å²) in [5, 5.41) is 5.04. The Morgan fingerprint density at radius 1 is 0.923 bits per heavy atom. The molecule has 0 aliphatic heterocycles. The Labute approximate surface area is 159 Å². The summed E-state index contributed by atoms with van der Waals surface area (Å²) >= 11 is 1.47. The zero-order valence-corrected chi connectivity index (χ0v) is 16.8. The van der Waals surface area contributed by atoms with E-state index in [0.717, 1.165) is 16.2 Å². The Bertz CT molecular complexity index is 995. The summed E-state index contributed by atoms with van der Waals surface area (Å²) in [6.07, 6.45) is 0. The van der Waals surface area contributed by atoms with E-state index in [2.05, 4.69) is 51.2 Å². The monoisotopic (exact) mass is 364 g/mol. The molecule has 0 aliphatic carbocycles. The Balaban J connectivity index is 1.73. The van der Waals surface area contributed by atoms with Gasteiger partial charge >= 0.3 is 0 Å². The number of hydrogen-bond acceptors (Lipinski definition) is 3. The van der Waals surface area contributed by atoms with Crippen LogP contribution in [0.3, 0.4) is 0 Å². The number of rotatable bonds is 4. The molecule has 4 heteroatoms. The molecule has 3 rings (SSSR count). The standard InChI is InChI=1S/C22H24N2OS/c1-13-8-17(5)22-19(9-13)16(4)11-21(24-22)26-12-20(25)23-18-7-6-14(2)15(3)10-18/h6-11H,12H2,1-5H3,(H,23,25). The SMILES string of the molecule is Cc1cc(C)c2nc(SCC(=O)Nc3ccc(C)c(C)c3)cc(C)c2c1. The first-order chi connectivity index (χ1) is 12.3. The first-order valence-electron chi connectivity index (χ1n) is 8.72. The van der Waals surface area contributed by atoms with Crippen molar-refractivity contribution in [1.82, 2.24) is 4.98 Å². The quantitative estimate of drug-likeness (QED) is 0.621. The number of thioether (sulfide) groups is 1. The molecule has 3 aromatic rings. The molecule has 0 fully saturated rings. The molecule has 0 saturated heterocycles. The van der Waals surface area contributed by atoms with E-state index in [-0.39, 0.29) is 5.91 Å². The van der Waals surface area contributed by atoms with Crippen molar-refractivity contribution in [3.05, 3.63) is 64.2 Å². The van der Waals surface area contributed by atoms with Gasteiger partial charge in [0.05, 0.1) is 16.3 Å². The van der Waals surface area contributed by atoms with E-state index >= 15 is 0 Å². The van der Waals surface area contributed by atoms with E-state index in [0.29, 0.717) is 5.75 Å². The highest BCUT2D eigenvalue weighted by Gasteiger charge is 2.09. The van der Waals surface area contributed by atoms with Crippen LogP contribution < -0.4 is 5.32 Å². The molecule has 0 unspecified atom stereocenters. The fourth-order valence-corrected chi connectivity index (χ4v) is 3.81. The minimum absolute atomic E-state index is 0.0153. The normalized spacial score (nSPS) is 11.0. The fraction of sp³-hybridized carbons (Fsp3) is 0.273. The number of nitrogens with zero attached hydrogens (tertiary/aromatic N) is 1. The second-order valence-corrected chi connectivity index (χ2v) is 7.89. The van der Waals surface area contributed by atoms with Crippen LogP contribution in [0, 0.1) is 34.6 Å². The lowest BCUT2D eigenvalue weighted by atomic mass is 10.0. The van der Waals surface area contributed by atoms with Gasteiger partial charge in [0.15, 0.2) is 0 Å². The predicted molar refractivity (Wildman–Crippen MR) is 111 cm³/mol. The molecule has 2 aromatic carbocycles. The van der Waals surface area contributed by atoms with Crippen LogP contribution in [0.15, 0.2) is 41.4 Å². The zero-order valence-electron chi connectivity index (χ0n) is 15.9. The van der Waals surface area contributed by atoms with Crippen molar-refractivity contribution in [3.8, 4) is 0 Å². The molecule has 0 aliphatic rings. The molecule has 1 N–H and O–H groups in total.